The van der Waals surface area contributed by atoms with Gasteiger partial charge in [-0.15, -0.1) is 83.4 Å². The van der Waals surface area contributed by atoms with Crippen molar-refractivity contribution in [2.45, 2.75) is 0 Å². The largest absolute Gasteiger partial charge is 3.00 e. The molecule has 0 aliphatic carbocycles. The molecule has 0 aliphatic rings. The van der Waals surface area contributed by atoms with Crippen LogP contribution in [0.1, 0.15) is 11.1 Å². The van der Waals surface area contributed by atoms with Gasteiger partial charge in [-0.25, -0.2) is 0 Å². The van der Waals surface area contributed by atoms with E-state index in [2.05, 4.69) is 156 Å². The van der Waals surface area contributed by atoms with E-state index < -0.39 is 0 Å². The Morgan fingerprint density at radius 1 is 0.273 bits per heavy atom. The Balaban J connectivity index is 0.00000631. The third kappa shape index (κ3) is 10.3. The predicted molar refractivity (Wildman–Crippen MR) is 306 cm³/mol. The molecule has 360 valence electrons. The fourth-order valence-electron chi connectivity index (χ4n) is 9.92. The molecule has 6 heteroatoms. The zero-order valence-corrected chi connectivity index (χ0v) is 43.7. The predicted octanol–water partition coefficient (Wildman–Crippen LogP) is 17.4. The van der Waals surface area contributed by atoms with Crippen LogP contribution in [0.2, 0.25) is 0 Å². The minimum Gasteiger partial charge on any atom is -0.305 e. The summed E-state index contributed by atoms with van der Waals surface area (Å²) in [5, 5.41) is 20.9. The van der Waals surface area contributed by atoms with Crippen LogP contribution in [0.5, 0.6) is 0 Å². The topological polar surface area (TPSA) is 86.2 Å². The number of rotatable bonds is 11. The molecule has 9 aromatic carbocycles. The van der Waals surface area contributed by atoms with E-state index in [4.69, 9.17) is 4.98 Å². The number of nitrogens with zero attached hydrogens (tertiary/aromatic N) is 5. The molecule has 0 amide bonds. The van der Waals surface area contributed by atoms with Crippen molar-refractivity contribution < 1.29 is 20.1 Å². The second kappa shape index (κ2) is 22.3. The first-order chi connectivity index (χ1) is 37.6. The summed E-state index contributed by atoms with van der Waals surface area (Å²) < 4.78 is 0. The molecule has 0 aliphatic heterocycles. The number of pyridine rings is 3. The Kier molecular flexibility index (Phi) is 14.3. The van der Waals surface area contributed by atoms with E-state index in [0.717, 1.165) is 123 Å². The molecule has 77 heavy (non-hydrogen) atoms. The Morgan fingerprint density at radius 3 is 1.16 bits per heavy atom. The Bertz CT molecular complexity index is 3970. The summed E-state index contributed by atoms with van der Waals surface area (Å²) in [7, 11) is 0. The van der Waals surface area contributed by atoms with Gasteiger partial charge in [0.25, 0.3) is 0 Å². The summed E-state index contributed by atoms with van der Waals surface area (Å²) in [5.74, 6) is 0. The summed E-state index contributed by atoms with van der Waals surface area (Å²) in [5.41, 5.74) is 21.8. The summed E-state index contributed by atoms with van der Waals surface area (Å²) in [6.07, 6.45) is 5.38. The normalized spacial score (nSPS) is 10.7. The molecular weight excluding hydrogens is 1120 g/mol. The number of nitriles is 2. The molecule has 0 saturated heterocycles. The van der Waals surface area contributed by atoms with Gasteiger partial charge in [0.05, 0.1) is 23.3 Å². The van der Waals surface area contributed by atoms with Gasteiger partial charge in [0, 0.05) is 18.6 Å². The molecule has 3 aromatic heterocycles. The van der Waals surface area contributed by atoms with Gasteiger partial charge in [0.2, 0.25) is 0 Å². The Morgan fingerprint density at radius 2 is 0.675 bits per heavy atom. The molecule has 0 fully saturated rings. The minimum atomic E-state index is 0. The van der Waals surface area contributed by atoms with Gasteiger partial charge in [0.1, 0.15) is 0 Å². The molecular formula is C71H42IrN5. The monoisotopic (exact) mass is 1160 g/mol. The van der Waals surface area contributed by atoms with Crippen molar-refractivity contribution in [3.63, 3.8) is 0 Å². The van der Waals surface area contributed by atoms with E-state index in [0.29, 0.717) is 11.1 Å². The number of benzene rings is 9. The molecule has 0 spiro atoms. The van der Waals surface area contributed by atoms with Crippen LogP contribution in [0.25, 0.3) is 123 Å². The van der Waals surface area contributed by atoms with Crippen molar-refractivity contribution >= 4 is 0 Å². The molecule has 12 rings (SSSR count). The van der Waals surface area contributed by atoms with Crippen LogP contribution in [0.15, 0.2) is 255 Å². The van der Waals surface area contributed by atoms with Crippen molar-refractivity contribution in [1.29, 1.82) is 10.5 Å². The van der Waals surface area contributed by atoms with Crippen molar-refractivity contribution in [2.24, 2.45) is 0 Å². The van der Waals surface area contributed by atoms with E-state index in [1.165, 1.54) is 0 Å². The van der Waals surface area contributed by atoms with Gasteiger partial charge in [-0.3, -0.25) is 0 Å². The van der Waals surface area contributed by atoms with Crippen molar-refractivity contribution in [3.8, 4) is 135 Å². The maximum atomic E-state index is 10.5. The van der Waals surface area contributed by atoms with E-state index in [1.807, 2.05) is 128 Å². The third-order valence-corrected chi connectivity index (χ3v) is 13.7. The molecule has 0 N–H and O–H groups in total. The number of hydrogen-bond donors (Lipinski definition) is 0. The summed E-state index contributed by atoms with van der Waals surface area (Å²) in [4.78, 5) is 13.8. The molecule has 3 heterocycles. The average Bonchev–Trinajstić information content (AvgIpc) is 3.55. The molecule has 0 atom stereocenters. The second-order valence-electron chi connectivity index (χ2n) is 18.3. The van der Waals surface area contributed by atoms with Gasteiger partial charge in [-0.2, -0.15) is 10.5 Å². The van der Waals surface area contributed by atoms with E-state index in [-0.39, 0.29) is 20.1 Å². The zero-order chi connectivity index (χ0) is 51.2. The van der Waals surface area contributed by atoms with Crippen LogP contribution in [0.3, 0.4) is 0 Å². The van der Waals surface area contributed by atoms with Crippen LogP contribution >= 0.6 is 0 Å². The maximum Gasteiger partial charge on any atom is 3.00 e. The van der Waals surface area contributed by atoms with Gasteiger partial charge in [-0.1, -0.05) is 166 Å². The van der Waals surface area contributed by atoms with Crippen molar-refractivity contribution in [1.82, 2.24) is 15.0 Å². The SMILES string of the molecule is N#Cc1ccc(-c2c[c-]c(-c3ccccn3)cc2)c(-c2cc(-c3cc(C#N)ccc3-c3c[c-]c(-c4ccccn4)cc3)cc(-c3ccccc3-c3c[c-]c(-c4ccccn4)cc3-c3ccc(-c4ccccc4)cc3)c2)c1.[Ir+3]. The van der Waals surface area contributed by atoms with Crippen molar-refractivity contribution in [2.75, 3.05) is 0 Å². The van der Waals surface area contributed by atoms with Crippen LogP contribution in [0.4, 0.5) is 0 Å². The molecule has 5 nitrogen and oxygen atoms in total. The first-order valence-electron chi connectivity index (χ1n) is 24.9. The zero-order valence-electron chi connectivity index (χ0n) is 41.3. The first-order valence-corrected chi connectivity index (χ1v) is 24.9. The van der Waals surface area contributed by atoms with E-state index in [9.17, 15) is 10.5 Å². The molecule has 0 radical (unpaired) electrons. The standard InChI is InChI=1S/C71H42N5.Ir/c72-46-48-19-34-62(52-25-29-55(30-26-52)69-16-6-9-37-74-69)66(40-48)59-42-58(43-60(44-59)67-41-49(47-73)20-35-63(67)53-27-31-56(32-28-53)70-17-7-10-38-75-70)61-14-4-5-15-64(61)65-36-33-57(71-18-8-11-39-76-71)45-68(65)54-23-21-51(22-24-54)50-12-2-1-3-13-50;/h1-29,31,34-45H;/q-3;+3. The fraction of sp³-hybridized carbons (Fsp3) is 0. The van der Waals surface area contributed by atoms with Crippen LogP contribution in [-0.4, -0.2) is 15.0 Å². The molecule has 0 unspecified atom stereocenters. The molecule has 0 saturated carbocycles. The van der Waals surface area contributed by atoms with Gasteiger partial charge in [-0.05, 0) is 128 Å². The van der Waals surface area contributed by atoms with Crippen LogP contribution in [0, 0.1) is 40.9 Å². The summed E-state index contributed by atoms with van der Waals surface area (Å²) >= 11 is 0. The van der Waals surface area contributed by atoms with E-state index in [1.54, 1.807) is 12.4 Å². The molecule has 0 bridgehead atoms. The van der Waals surface area contributed by atoms with Gasteiger partial charge >= 0.3 is 20.1 Å². The minimum absolute atomic E-state index is 0. The number of aromatic nitrogens is 3. The van der Waals surface area contributed by atoms with Gasteiger partial charge in [0.15, 0.2) is 0 Å². The summed E-state index contributed by atoms with van der Waals surface area (Å²) in [6.45, 7) is 0. The average molecular weight is 1160 g/mol. The third-order valence-electron chi connectivity index (χ3n) is 13.7. The smallest absolute Gasteiger partial charge is 0.305 e. The van der Waals surface area contributed by atoms with E-state index >= 15 is 0 Å². The fourth-order valence-corrected chi connectivity index (χ4v) is 9.92. The number of hydrogen-bond acceptors (Lipinski definition) is 5. The first kappa shape index (κ1) is 49.3. The van der Waals surface area contributed by atoms with Crippen LogP contribution < -0.4 is 0 Å². The Labute approximate surface area is 462 Å². The quantitative estimate of drug-likeness (QED) is 0.120. The maximum absolute atomic E-state index is 10.5. The second-order valence-corrected chi connectivity index (χ2v) is 18.3. The van der Waals surface area contributed by atoms with Crippen LogP contribution in [-0.2, 0) is 20.1 Å². The Hall–Kier alpha value is -9.94. The summed E-state index contributed by atoms with van der Waals surface area (Å²) in [6, 6.07) is 95.6. The molecule has 12 aromatic rings. The van der Waals surface area contributed by atoms with Gasteiger partial charge < -0.3 is 15.0 Å². The van der Waals surface area contributed by atoms with Crippen molar-refractivity contribution in [3.05, 3.63) is 285 Å².